The quantitative estimate of drug-likeness (QED) is 0.434. The van der Waals surface area contributed by atoms with E-state index in [1.807, 2.05) is 30.3 Å². The molecule has 11 heteroatoms. The lowest BCUT2D eigenvalue weighted by molar-refractivity contribution is -0.384. The zero-order chi connectivity index (χ0) is 23.8. The first-order chi connectivity index (χ1) is 15.7. The number of hydrogen-bond acceptors (Lipinski definition) is 5. The van der Waals surface area contributed by atoms with Crippen LogP contribution in [-0.4, -0.2) is 51.7 Å². The van der Waals surface area contributed by atoms with E-state index in [9.17, 15) is 28.1 Å². The minimum atomic E-state index is -4.67. The van der Waals surface area contributed by atoms with Crippen molar-refractivity contribution >= 4 is 17.3 Å². The van der Waals surface area contributed by atoms with Gasteiger partial charge in [-0.15, -0.1) is 0 Å². The second-order valence-electron chi connectivity index (χ2n) is 7.63. The minimum absolute atomic E-state index is 0.105. The molecule has 8 nitrogen and oxygen atoms in total. The van der Waals surface area contributed by atoms with Gasteiger partial charge in [-0.3, -0.25) is 14.9 Å². The van der Waals surface area contributed by atoms with Crippen LogP contribution in [0.25, 0.3) is 5.69 Å². The number of hydrogen-bond donors (Lipinski definition) is 0. The number of anilines is 1. The molecule has 0 N–H and O–H groups in total. The number of carbonyl (C=O) groups is 1. The Labute approximate surface area is 187 Å². The van der Waals surface area contributed by atoms with Gasteiger partial charge in [0, 0.05) is 32.2 Å². The summed E-state index contributed by atoms with van der Waals surface area (Å²) in [5, 5.41) is 15.7. The van der Waals surface area contributed by atoms with E-state index >= 15 is 0 Å². The summed E-state index contributed by atoms with van der Waals surface area (Å²) < 4.78 is 40.6. The lowest BCUT2D eigenvalue weighted by Crippen LogP contribution is -2.49. The highest BCUT2D eigenvalue weighted by atomic mass is 19.4. The first-order valence-electron chi connectivity index (χ1n) is 10.2. The fourth-order valence-corrected chi connectivity index (χ4v) is 3.88. The van der Waals surface area contributed by atoms with Gasteiger partial charge in [-0.2, -0.15) is 18.3 Å². The Morgan fingerprint density at radius 3 is 2.33 bits per heavy atom. The van der Waals surface area contributed by atoms with E-state index in [-0.39, 0.29) is 37.8 Å². The molecule has 1 aliphatic rings. The third kappa shape index (κ3) is 4.38. The third-order valence-corrected chi connectivity index (χ3v) is 5.65. The van der Waals surface area contributed by atoms with E-state index < -0.39 is 22.4 Å². The minimum Gasteiger partial charge on any atom is -0.362 e. The molecule has 0 aliphatic carbocycles. The van der Waals surface area contributed by atoms with Crippen LogP contribution in [0.3, 0.4) is 0 Å². The molecule has 0 radical (unpaired) electrons. The summed E-state index contributed by atoms with van der Waals surface area (Å²) in [5.41, 5.74) is 0.392. The van der Waals surface area contributed by atoms with Crippen molar-refractivity contribution in [1.82, 2.24) is 14.7 Å². The largest absolute Gasteiger partial charge is 0.416 e. The van der Waals surface area contributed by atoms with Crippen LogP contribution in [0.15, 0.2) is 54.7 Å². The lowest BCUT2D eigenvalue weighted by Gasteiger charge is -2.35. The van der Waals surface area contributed by atoms with Gasteiger partial charge in [-0.25, -0.2) is 4.68 Å². The molecule has 1 fully saturated rings. The Morgan fingerprint density at radius 1 is 1.06 bits per heavy atom. The molecule has 172 valence electrons. The molecule has 1 amide bonds. The smallest absolute Gasteiger partial charge is 0.362 e. The average Bonchev–Trinajstić information content (AvgIpc) is 3.19. The van der Waals surface area contributed by atoms with Crippen LogP contribution >= 0.6 is 0 Å². The van der Waals surface area contributed by atoms with Gasteiger partial charge in [0.2, 0.25) is 0 Å². The summed E-state index contributed by atoms with van der Waals surface area (Å²) in [5.74, 6) is -0.212. The number of carbonyl (C=O) groups excluding carboxylic acids is 1. The van der Waals surface area contributed by atoms with Crippen molar-refractivity contribution < 1.29 is 22.9 Å². The van der Waals surface area contributed by atoms with Crippen molar-refractivity contribution in [3.63, 3.8) is 0 Å². The van der Waals surface area contributed by atoms with Crippen molar-refractivity contribution in [3.8, 4) is 5.69 Å². The number of para-hydroxylation sites is 1. The summed E-state index contributed by atoms with van der Waals surface area (Å²) >= 11 is 0. The number of alkyl halides is 3. The predicted molar refractivity (Wildman–Crippen MR) is 115 cm³/mol. The fraction of sp³-hybridized carbons (Fsp3) is 0.273. The molecule has 2 heterocycles. The van der Waals surface area contributed by atoms with E-state index in [2.05, 4.69) is 5.10 Å². The maximum atomic E-state index is 13.1. The summed E-state index contributed by atoms with van der Waals surface area (Å²) in [6.45, 7) is 2.85. The van der Waals surface area contributed by atoms with E-state index in [1.165, 1.54) is 6.20 Å². The molecule has 3 aromatic rings. The number of benzene rings is 2. The second kappa shape index (κ2) is 8.57. The van der Waals surface area contributed by atoms with Crippen molar-refractivity contribution in [2.24, 2.45) is 0 Å². The van der Waals surface area contributed by atoms with E-state index in [1.54, 1.807) is 21.4 Å². The monoisotopic (exact) mass is 459 g/mol. The number of amides is 1. The first kappa shape index (κ1) is 22.3. The molecule has 0 atom stereocenters. The van der Waals surface area contributed by atoms with Gasteiger partial charge >= 0.3 is 6.18 Å². The van der Waals surface area contributed by atoms with Crippen LogP contribution in [0.1, 0.15) is 21.6 Å². The number of nitro benzene ring substituents is 1. The van der Waals surface area contributed by atoms with Crippen LogP contribution in [0.2, 0.25) is 0 Å². The highest BCUT2D eigenvalue weighted by Crippen LogP contribution is 2.36. The number of rotatable bonds is 4. The van der Waals surface area contributed by atoms with Crippen molar-refractivity contribution in [1.29, 1.82) is 0 Å². The molecule has 2 aromatic carbocycles. The van der Waals surface area contributed by atoms with Crippen LogP contribution in [0.5, 0.6) is 0 Å². The van der Waals surface area contributed by atoms with Gasteiger partial charge in [0.25, 0.3) is 11.6 Å². The molecular formula is C22H20F3N5O3. The fourth-order valence-electron chi connectivity index (χ4n) is 3.88. The summed E-state index contributed by atoms with van der Waals surface area (Å²) in [4.78, 5) is 26.9. The topological polar surface area (TPSA) is 84.5 Å². The van der Waals surface area contributed by atoms with Gasteiger partial charge in [0.05, 0.1) is 33.6 Å². The van der Waals surface area contributed by atoms with E-state index in [0.717, 1.165) is 17.8 Å². The molecule has 1 aliphatic heterocycles. The highest BCUT2D eigenvalue weighted by Gasteiger charge is 2.34. The summed E-state index contributed by atoms with van der Waals surface area (Å²) in [6, 6.07) is 11.9. The zero-order valence-electron chi connectivity index (χ0n) is 17.6. The highest BCUT2D eigenvalue weighted by molar-refractivity contribution is 5.95. The van der Waals surface area contributed by atoms with Crippen LogP contribution < -0.4 is 4.90 Å². The van der Waals surface area contributed by atoms with Gasteiger partial charge < -0.3 is 9.80 Å². The van der Waals surface area contributed by atoms with Gasteiger partial charge in [0.15, 0.2) is 0 Å². The second-order valence-corrected chi connectivity index (χ2v) is 7.63. The molecule has 0 saturated carbocycles. The van der Waals surface area contributed by atoms with Crippen molar-refractivity contribution in [2.75, 3.05) is 31.1 Å². The van der Waals surface area contributed by atoms with E-state index in [0.29, 0.717) is 17.3 Å². The van der Waals surface area contributed by atoms with Crippen molar-refractivity contribution in [3.05, 3.63) is 81.7 Å². The number of nitro groups is 1. The predicted octanol–water partition coefficient (Wildman–Crippen LogP) is 4.07. The Balaban J connectivity index is 1.49. The Bertz CT molecular complexity index is 1190. The van der Waals surface area contributed by atoms with E-state index in [4.69, 9.17) is 0 Å². The molecule has 0 bridgehead atoms. The molecule has 33 heavy (non-hydrogen) atoms. The Kier molecular flexibility index (Phi) is 5.79. The van der Waals surface area contributed by atoms with Crippen LogP contribution in [0, 0.1) is 17.0 Å². The number of aromatic nitrogens is 2. The van der Waals surface area contributed by atoms with Gasteiger partial charge in [0.1, 0.15) is 5.69 Å². The van der Waals surface area contributed by atoms with Gasteiger partial charge in [-0.05, 0) is 31.2 Å². The molecule has 4 rings (SSSR count). The normalized spacial score (nSPS) is 14.4. The Morgan fingerprint density at radius 2 is 1.73 bits per heavy atom. The maximum absolute atomic E-state index is 13.1. The molecule has 0 unspecified atom stereocenters. The number of piperazine rings is 1. The zero-order valence-corrected chi connectivity index (χ0v) is 17.6. The molecule has 1 aromatic heterocycles. The van der Waals surface area contributed by atoms with Crippen LogP contribution in [0.4, 0.5) is 24.5 Å². The maximum Gasteiger partial charge on any atom is 0.416 e. The average molecular weight is 459 g/mol. The molecular weight excluding hydrogens is 439 g/mol. The summed E-state index contributed by atoms with van der Waals surface area (Å²) in [7, 11) is 0. The third-order valence-electron chi connectivity index (χ3n) is 5.65. The van der Waals surface area contributed by atoms with Crippen LogP contribution in [-0.2, 0) is 6.18 Å². The first-order valence-corrected chi connectivity index (χ1v) is 10.2. The van der Waals surface area contributed by atoms with Gasteiger partial charge in [-0.1, -0.05) is 18.2 Å². The molecule has 1 saturated heterocycles. The SMILES string of the molecule is Cc1c(C(=O)N2CCN(c3ccc(C(F)(F)F)cc3[N+](=O)[O-])CC2)cnn1-c1ccccc1. The summed E-state index contributed by atoms with van der Waals surface area (Å²) in [6.07, 6.45) is -3.16. The standard InChI is InChI=1S/C22H20F3N5O3/c1-15-18(14-26-29(15)17-5-3-2-4-6-17)21(31)28-11-9-27(10-12-28)19-8-7-16(22(23,24)25)13-20(19)30(32)33/h2-8,13-14H,9-12H2,1H3. The number of nitrogens with zero attached hydrogens (tertiary/aromatic N) is 5. The Hall–Kier alpha value is -3.89. The number of halogens is 3. The van der Waals surface area contributed by atoms with Crippen molar-refractivity contribution in [2.45, 2.75) is 13.1 Å². The molecule has 0 spiro atoms. The lowest BCUT2D eigenvalue weighted by atomic mass is 10.1.